The second-order valence-electron chi connectivity index (χ2n) is 8.85. The number of amides is 1. The maximum Gasteiger partial charge on any atom is 0.253 e. The number of methoxy groups -OCH3 is 1. The van der Waals surface area contributed by atoms with Gasteiger partial charge in [-0.15, -0.1) is 11.3 Å². The third-order valence-electron chi connectivity index (χ3n) is 6.44. The van der Waals surface area contributed by atoms with Crippen LogP contribution in [0.5, 0.6) is 5.75 Å². The second kappa shape index (κ2) is 10.7. The van der Waals surface area contributed by atoms with Crippen LogP contribution in [-0.2, 0) is 21.4 Å². The molecular weight excluding hydrogens is 550 g/mol. The van der Waals surface area contributed by atoms with E-state index in [2.05, 4.69) is 0 Å². The van der Waals surface area contributed by atoms with Gasteiger partial charge in [0.2, 0.25) is 5.91 Å². The van der Waals surface area contributed by atoms with E-state index in [4.69, 9.17) is 21.3 Å². The molecule has 5 rings (SSSR count). The number of aromatic nitrogens is 1. The minimum absolute atomic E-state index is 0.146. The van der Waals surface area contributed by atoms with Gasteiger partial charge in [0.1, 0.15) is 21.5 Å². The predicted molar refractivity (Wildman–Crippen MR) is 149 cm³/mol. The lowest BCUT2D eigenvalue weighted by molar-refractivity contribution is -0.123. The summed E-state index contributed by atoms with van der Waals surface area (Å²) in [6.07, 6.45) is 1.90. The number of halogens is 1. The molecule has 0 N–H and O–H groups in total. The zero-order chi connectivity index (χ0) is 26.2. The van der Waals surface area contributed by atoms with Crippen LogP contribution < -0.4 is 9.64 Å². The summed E-state index contributed by atoms with van der Waals surface area (Å²) in [4.78, 5) is 20.7. The van der Waals surface area contributed by atoms with Crippen molar-refractivity contribution < 1.29 is 17.9 Å². The van der Waals surface area contributed by atoms with E-state index in [0.29, 0.717) is 33.6 Å². The Balaban J connectivity index is 1.58. The molecule has 7 nitrogen and oxygen atoms in total. The number of hydrogen-bond donors (Lipinski definition) is 0. The molecular formula is C26H26ClN3O4S3. The zero-order valence-corrected chi connectivity index (χ0v) is 23.6. The van der Waals surface area contributed by atoms with Crippen molar-refractivity contribution in [2.24, 2.45) is 0 Å². The molecule has 1 unspecified atom stereocenters. The molecule has 0 radical (unpaired) electrons. The summed E-state index contributed by atoms with van der Waals surface area (Å²) in [5.41, 5.74) is 2.65. The molecule has 0 bridgehead atoms. The van der Waals surface area contributed by atoms with E-state index in [1.54, 1.807) is 18.1 Å². The van der Waals surface area contributed by atoms with Crippen LogP contribution in [-0.4, -0.2) is 43.3 Å². The SMILES string of the molecule is COc1ccc(C)c2sc(N(Cc3ccccc3)C(=O)C3CCCCN3S(=O)(=O)c3ccc(Cl)s3)nc12. The smallest absolute Gasteiger partial charge is 0.253 e. The fourth-order valence-corrected chi connectivity index (χ4v) is 8.87. The Hall–Kier alpha value is -2.50. The molecule has 0 spiro atoms. The number of hydrogen-bond acceptors (Lipinski definition) is 7. The van der Waals surface area contributed by atoms with Crippen LogP contribution in [0.4, 0.5) is 5.13 Å². The number of benzene rings is 2. The van der Waals surface area contributed by atoms with Crippen LogP contribution in [0.2, 0.25) is 4.34 Å². The van der Waals surface area contributed by atoms with Gasteiger partial charge >= 0.3 is 0 Å². The first-order chi connectivity index (χ1) is 17.8. The Morgan fingerprint density at radius 1 is 1.14 bits per heavy atom. The van der Waals surface area contributed by atoms with Crippen molar-refractivity contribution in [2.75, 3.05) is 18.6 Å². The first-order valence-corrected chi connectivity index (χ1v) is 15.3. The van der Waals surface area contributed by atoms with Gasteiger partial charge in [-0.2, -0.15) is 4.31 Å². The standard InChI is InChI=1S/C26H26ClN3O4S3/c1-17-11-12-20(34-2)23-24(17)36-26(28-23)29(16-18-8-4-3-5-9-18)25(31)19-10-6-7-15-30(19)37(32,33)22-14-13-21(27)35-22/h3-5,8-9,11-14,19H,6-7,10,15-16H2,1-2H3. The predicted octanol–water partition coefficient (Wildman–Crippen LogP) is 6.10. The highest BCUT2D eigenvalue weighted by molar-refractivity contribution is 7.91. The molecule has 2 aromatic carbocycles. The fraction of sp³-hybridized carbons (Fsp3) is 0.308. The Kier molecular flexibility index (Phi) is 7.56. The molecule has 37 heavy (non-hydrogen) atoms. The number of ether oxygens (including phenoxy) is 1. The number of fused-ring (bicyclic) bond motifs is 1. The number of thiophene rings is 1. The number of carbonyl (C=O) groups is 1. The Morgan fingerprint density at radius 3 is 2.62 bits per heavy atom. The summed E-state index contributed by atoms with van der Waals surface area (Å²) >= 11 is 8.46. The molecule has 3 heterocycles. The minimum atomic E-state index is -3.88. The first kappa shape index (κ1) is 26.1. The molecule has 194 valence electrons. The van der Waals surface area contributed by atoms with Crippen LogP contribution in [0.3, 0.4) is 0 Å². The van der Waals surface area contributed by atoms with Gasteiger partial charge in [0, 0.05) is 6.54 Å². The van der Waals surface area contributed by atoms with Gasteiger partial charge in [0.05, 0.1) is 22.7 Å². The fourth-order valence-electron chi connectivity index (χ4n) is 4.56. The molecule has 0 aliphatic carbocycles. The summed E-state index contributed by atoms with van der Waals surface area (Å²) in [6, 6.07) is 15.7. The Morgan fingerprint density at radius 2 is 1.92 bits per heavy atom. The molecule has 1 amide bonds. The summed E-state index contributed by atoms with van der Waals surface area (Å²) in [5, 5.41) is 0.513. The lowest BCUT2D eigenvalue weighted by Gasteiger charge is -2.35. The number of carbonyl (C=O) groups excluding carboxylic acids is 1. The third-order valence-corrected chi connectivity index (χ3v) is 11.3. The number of rotatable bonds is 7. The molecule has 0 saturated carbocycles. The van der Waals surface area contributed by atoms with E-state index in [9.17, 15) is 13.2 Å². The molecule has 1 atom stereocenters. The van der Waals surface area contributed by atoms with Crippen LogP contribution >= 0.6 is 34.3 Å². The topological polar surface area (TPSA) is 79.8 Å². The summed E-state index contributed by atoms with van der Waals surface area (Å²) < 4.78 is 35.5. The van der Waals surface area contributed by atoms with Crippen LogP contribution in [0.1, 0.15) is 30.4 Å². The number of aryl methyl sites for hydroxylation is 1. The van der Waals surface area contributed by atoms with Gasteiger partial charge in [0.15, 0.2) is 5.13 Å². The maximum atomic E-state index is 14.2. The molecule has 2 aromatic heterocycles. The average molecular weight is 576 g/mol. The highest BCUT2D eigenvalue weighted by Crippen LogP contribution is 2.38. The van der Waals surface area contributed by atoms with Crippen LogP contribution in [0.15, 0.2) is 58.8 Å². The van der Waals surface area contributed by atoms with Crippen molar-refractivity contribution in [1.29, 1.82) is 0 Å². The number of nitrogens with zero attached hydrogens (tertiary/aromatic N) is 3. The van der Waals surface area contributed by atoms with E-state index < -0.39 is 16.1 Å². The van der Waals surface area contributed by atoms with Gasteiger partial charge in [-0.3, -0.25) is 9.69 Å². The number of anilines is 1. The van der Waals surface area contributed by atoms with Crippen molar-refractivity contribution >= 4 is 65.6 Å². The van der Waals surface area contributed by atoms with Gasteiger partial charge in [-0.25, -0.2) is 13.4 Å². The van der Waals surface area contributed by atoms with Gasteiger partial charge < -0.3 is 4.74 Å². The lowest BCUT2D eigenvalue weighted by Crippen LogP contribution is -2.52. The monoisotopic (exact) mass is 575 g/mol. The third kappa shape index (κ3) is 5.13. The Labute approximate surface area is 229 Å². The highest BCUT2D eigenvalue weighted by Gasteiger charge is 2.41. The summed E-state index contributed by atoms with van der Waals surface area (Å²) in [5.74, 6) is 0.345. The largest absolute Gasteiger partial charge is 0.494 e. The van der Waals surface area contributed by atoms with Gasteiger partial charge in [-0.05, 0) is 49.1 Å². The summed E-state index contributed by atoms with van der Waals surface area (Å²) in [6.45, 7) is 2.55. The van der Waals surface area contributed by atoms with E-state index in [1.165, 1.54) is 21.7 Å². The number of piperidine rings is 1. The lowest BCUT2D eigenvalue weighted by atomic mass is 10.0. The normalized spacial score (nSPS) is 16.7. The van der Waals surface area contributed by atoms with Crippen molar-refractivity contribution in [3.8, 4) is 5.75 Å². The molecule has 1 aliphatic rings. The Bertz CT molecular complexity index is 1540. The second-order valence-corrected chi connectivity index (χ2v) is 13.7. The van der Waals surface area contributed by atoms with Crippen LogP contribution in [0.25, 0.3) is 10.2 Å². The van der Waals surface area contributed by atoms with E-state index in [0.717, 1.165) is 33.6 Å². The average Bonchev–Trinajstić information content (AvgIpc) is 3.56. The quantitative estimate of drug-likeness (QED) is 0.266. The zero-order valence-electron chi connectivity index (χ0n) is 20.4. The van der Waals surface area contributed by atoms with E-state index in [-0.39, 0.29) is 23.2 Å². The molecule has 1 fully saturated rings. The van der Waals surface area contributed by atoms with Crippen LogP contribution in [0, 0.1) is 6.92 Å². The number of sulfonamides is 1. The molecule has 1 aliphatic heterocycles. The maximum absolute atomic E-state index is 14.2. The van der Waals surface area contributed by atoms with E-state index in [1.807, 2.05) is 49.4 Å². The summed E-state index contributed by atoms with van der Waals surface area (Å²) in [7, 11) is -2.29. The van der Waals surface area contributed by atoms with Crippen molar-refractivity contribution in [3.05, 3.63) is 70.1 Å². The van der Waals surface area contributed by atoms with Crippen molar-refractivity contribution in [1.82, 2.24) is 9.29 Å². The van der Waals surface area contributed by atoms with Crippen molar-refractivity contribution in [2.45, 2.75) is 43.0 Å². The van der Waals surface area contributed by atoms with Crippen molar-refractivity contribution in [3.63, 3.8) is 0 Å². The highest BCUT2D eigenvalue weighted by atomic mass is 35.5. The van der Waals surface area contributed by atoms with Gasteiger partial charge in [-0.1, -0.05) is 65.8 Å². The van der Waals surface area contributed by atoms with E-state index >= 15 is 0 Å². The minimum Gasteiger partial charge on any atom is -0.494 e. The molecule has 1 saturated heterocycles. The number of thiazole rings is 1. The first-order valence-electron chi connectivity index (χ1n) is 11.9. The molecule has 4 aromatic rings. The molecule has 11 heteroatoms. The van der Waals surface area contributed by atoms with Gasteiger partial charge in [0.25, 0.3) is 10.0 Å².